The second kappa shape index (κ2) is 8.53. The summed E-state index contributed by atoms with van der Waals surface area (Å²) in [5, 5.41) is 2.80. The van der Waals surface area contributed by atoms with Crippen LogP contribution in [0.4, 0.5) is 4.79 Å². The maximum Gasteiger partial charge on any atom is 0.407 e. The van der Waals surface area contributed by atoms with Gasteiger partial charge in [0, 0.05) is 17.6 Å². The van der Waals surface area contributed by atoms with Gasteiger partial charge in [-0.2, -0.15) is 0 Å². The molecule has 1 rings (SSSR count). The maximum absolute atomic E-state index is 11.7. The molecular formula is C15H28INO4. The molecule has 1 aliphatic heterocycles. The SMILES string of the molecule is CC(C)(C)OC(=O)NCC(C)(CI)OCC1CCOCC1. The molecule has 21 heavy (non-hydrogen) atoms. The van der Waals surface area contributed by atoms with Crippen LogP contribution in [0, 0.1) is 5.92 Å². The Balaban J connectivity index is 2.34. The van der Waals surface area contributed by atoms with Crippen LogP contribution in [0.3, 0.4) is 0 Å². The molecule has 0 aliphatic carbocycles. The second-order valence-electron chi connectivity index (χ2n) is 6.81. The normalized spacial score (nSPS) is 19.9. The first-order chi connectivity index (χ1) is 9.74. The van der Waals surface area contributed by atoms with Crippen molar-refractivity contribution in [2.24, 2.45) is 5.92 Å². The molecule has 0 radical (unpaired) electrons. The predicted molar refractivity (Wildman–Crippen MR) is 91.0 cm³/mol. The third-order valence-electron chi connectivity index (χ3n) is 3.30. The topological polar surface area (TPSA) is 56.8 Å². The van der Waals surface area contributed by atoms with E-state index in [1.54, 1.807) is 0 Å². The monoisotopic (exact) mass is 413 g/mol. The van der Waals surface area contributed by atoms with Crippen molar-refractivity contribution in [2.75, 3.05) is 30.8 Å². The minimum atomic E-state index is -0.478. The van der Waals surface area contributed by atoms with Crippen LogP contribution in [0.2, 0.25) is 0 Å². The van der Waals surface area contributed by atoms with Crippen molar-refractivity contribution in [2.45, 2.75) is 51.7 Å². The minimum Gasteiger partial charge on any atom is -0.444 e. The lowest BCUT2D eigenvalue weighted by molar-refractivity contribution is -0.0505. The predicted octanol–water partition coefficient (Wildman–Crippen LogP) is 3.15. The average Bonchev–Trinajstić information content (AvgIpc) is 2.42. The van der Waals surface area contributed by atoms with E-state index in [-0.39, 0.29) is 5.60 Å². The number of hydrogen-bond acceptors (Lipinski definition) is 4. The molecule has 1 atom stereocenters. The van der Waals surface area contributed by atoms with Crippen molar-refractivity contribution < 1.29 is 19.0 Å². The number of amides is 1. The van der Waals surface area contributed by atoms with E-state index in [4.69, 9.17) is 14.2 Å². The van der Waals surface area contributed by atoms with Gasteiger partial charge in [0.15, 0.2) is 0 Å². The summed E-state index contributed by atoms with van der Waals surface area (Å²) < 4.78 is 17.5. The molecule has 6 heteroatoms. The lowest BCUT2D eigenvalue weighted by Crippen LogP contribution is -2.46. The highest BCUT2D eigenvalue weighted by atomic mass is 127. The molecule has 0 aromatic heterocycles. The Hall–Kier alpha value is -0.0800. The van der Waals surface area contributed by atoms with E-state index in [1.807, 2.05) is 27.7 Å². The molecule has 0 aromatic rings. The number of halogens is 1. The van der Waals surface area contributed by atoms with Gasteiger partial charge in [-0.1, -0.05) is 22.6 Å². The van der Waals surface area contributed by atoms with E-state index in [1.165, 1.54) is 0 Å². The summed E-state index contributed by atoms with van der Waals surface area (Å²) in [6, 6.07) is 0. The number of alkyl halides is 1. The van der Waals surface area contributed by atoms with E-state index in [2.05, 4.69) is 27.9 Å². The number of carbonyl (C=O) groups excluding carboxylic acids is 1. The van der Waals surface area contributed by atoms with Crippen LogP contribution in [-0.4, -0.2) is 48.1 Å². The van der Waals surface area contributed by atoms with E-state index in [9.17, 15) is 4.79 Å². The molecule has 1 amide bonds. The van der Waals surface area contributed by atoms with Crippen molar-refractivity contribution in [3.8, 4) is 0 Å². The Morgan fingerprint density at radius 1 is 1.29 bits per heavy atom. The molecule has 0 spiro atoms. The molecule has 1 heterocycles. The summed E-state index contributed by atoms with van der Waals surface area (Å²) in [7, 11) is 0. The molecule has 0 saturated carbocycles. The first-order valence-corrected chi connectivity index (χ1v) is 9.01. The fraction of sp³-hybridized carbons (Fsp3) is 0.933. The zero-order chi connectivity index (χ0) is 15.9. The fourth-order valence-corrected chi connectivity index (χ4v) is 2.43. The summed E-state index contributed by atoms with van der Waals surface area (Å²) in [6.07, 6.45) is 1.71. The molecule has 1 aliphatic rings. The van der Waals surface area contributed by atoms with Crippen LogP contribution in [-0.2, 0) is 14.2 Å². The quantitative estimate of drug-likeness (QED) is 0.537. The third-order valence-corrected chi connectivity index (χ3v) is 4.91. The van der Waals surface area contributed by atoms with Crippen molar-refractivity contribution in [1.29, 1.82) is 0 Å². The number of carbonyl (C=O) groups is 1. The largest absolute Gasteiger partial charge is 0.444 e. The molecule has 0 bridgehead atoms. The third kappa shape index (κ3) is 8.21. The Morgan fingerprint density at radius 2 is 1.90 bits per heavy atom. The molecule has 1 N–H and O–H groups in total. The van der Waals surface area contributed by atoms with Crippen molar-refractivity contribution in [1.82, 2.24) is 5.32 Å². The van der Waals surface area contributed by atoms with E-state index in [0.717, 1.165) is 37.1 Å². The maximum atomic E-state index is 11.7. The molecule has 0 aromatic carbocycles. The lowest BCUT2D eigenvalue weighted by atomic mass is 10.0. The minimum absolute atomic E-state index is 0.365. The van der Waals surface area contributed by atoms with E-state index in [0.29, 0.717) is 12.5 Å². The van der Waals surface area contributed by atoms with Crippen molar-refractivity contribution in [3.63, 3.8) is 0 Å². The Labute approximate surface area is 141 Å². The summed E-state index contributed by atoms with van der Waals surface area (Å²) in [5.74, 6) is 0.558. The van der Waals surface area contributed by atoms with Crippen LogP contribution < -0.4 is 5.32 Å². The molecule has 5 nitrogen and oxygen atoms in total. The summed E-state index contributed by atoms with van der Waals surface area (Å²) in [4.78, 5) is 11.7. The van der Waals surface area contributed by atoms with Crippen molar-refractivity contribution >= 4 is 28.7 Å². The zero-order valence-electron chi connectivity index (χ0n) is 13.5. The Bertz CT molecular complexity index is 326. The highest BCUT2D eigenvalue weighted by Crippen LogP contribution is 2.20. The van der Waals surface area contributed by atoms with Gasteiger partial charge in [-0.05, 0) is 46.5 Å². The second-order valence-corrected chi connectivity index (χ2v) is 7.57. The molecule has 1 saturated heterocycles. The first-order valence-electron chi connectivity index (χ1n) is 7.49. The lowest BCUT2D eigenvalue weighted by Gasteiger charge is -2.32. The first kappa shape index (κ1) is 19.0. The van der Waals surface area contributed by atoms with Crippen LogP contribution >= 0.6 is 22.6 Å². The van der Waals surface area contributed by atoms with Gasteiger partial charge < -0.3 is 19.5 Å². The van der Waals surface area contributed by atoms with E-state index >= 15 is 0 Å². The molecule has 124 valence electrons. The van der Waals surface area contributed by atoms with Crippen LogP contribution in [0.5, 0.6) is 0 Å². The van der Waals surface area contributed by atoms with Gasteiger partial charge in [-0.25, -0.2) is 4.79 Å². The van der Waals surface area contributed by atoms with Gasteiger partial charge in [0.05, 0.1) is 18.8 Å². The Morgan fingerprint density at radius 3 is 2.43 bits per heavy atom. The molecular weight excluding hydrogens is 385 g/mol. The summed E-state index contributed by atoms with van der Waals surface area (Å²) in [5.41, 5.74) is -0.844. The molecule has 1 unspecified atom stereocenters. The van der Waals surface area contributed by atoms with Crippen LogP contribution in [0.1, 0.15) is 40.5 Å². The zero-order valence-corrected chi connectivity index (χ0v) is 15.7. The number of nitrogens with one attached hydrogen (secondary N) is 1. The summed E-state index contributed by atoms with van der Waals surface area (Å²) >= 11 is 2.29. The van der Waals surface area contributed by atoms with Gasteiger partial charge in [0.1, 0.15) is 5.60 Å². The highest BCUT2D eigenvalue weighted by molar-refractivity contribution is 14.1. The smallest absolute Gasteiger partial charge is 0.407 e. The number of rotatable bonds is 6. The van der Waals surface area contributed by atoms with Gasteiger partial charge in [0.2, 0.25) is 0 Å². The highest BCUT2D eigenvalue weighted by Gasteiger charge is 2.27. The van der Waals surface area contributed by atoms with Gasteiger partial charge >= 0.3 is 6.09 Å². The number of hydrogen-bond donors (Lipinski definition) is 1. The molecule has 1 fully saturated rings. The number of alkyl carbamates (subject to hydrolysis) is 1. The van der Waals surface area contributed by atoms with Gasteiger partial charge in [0.25, 0.3) is 0 Å². The van der Waals surface area contributed by atoms with Crippen LogP contribution in [0.25, 0.3) is 0 Å². The van der Waals surface area contributed by atoms with E-state index < -0.39 is 11.7 Å². The van der Waals surface area contributed by atoms with Crippen LogP contribution in [0.15, 0.2) is 0 Å². The number of ether oxygens (including phenoxy) is 3. The van der Waals surface area contributed by atoms with Gasteiger partial charge in [-0.3, -0.25) is 0 Å². The Kier molecular flexibility index (Phi) is 7.70. The summed E-state index contributed by atoms with van der Waals surface area (Å²) in [6.45, 7) is 10.4. The van der Waals surface area contributed by atoms with Crippen molar-refractivity contribution in [3.05, 3.63) is 0 Å². The average molecular weight is 413 g/mol. The fourth-order valence-electron chi connectivity index (χ4n) is 1.94. The standard InChI is InChI=1S/C15H28INO4/c1-14(2,3)21-13(18)17-11-15(4,10-16)20-9-12-5-7-19-8-6-12/h12H,5-11H2,1-4H3,(H,17,18). The van der Waals surface area contributed by atoms with Gasteiger partial charge in [-0.15, -0.1) is 0 Å².